The van der Waals surface area contributed by atoms with Gasteiger partial charge >= 0.3 is 29.7 Å². The summed E-state index contributed by atoms with van der Waals surface area (Å²) in [5, 5.41) is 8.61. The van der Waals surface area contributed by atoms with E-state index < -0.39 is 57.9 Å². The van der Waals surface area contributed by atoms with Crippen molar-refractivity contribution in [1.82, 2.24) is 0 Å². The summed E-state index contributed by atoms with van der Waals surface area (Å²) in [7, 11) is -2.95. The van der Waals surface area contributed by atoms with Crippen LogP contribution in [0.15, 0.2) is 12.1 Å². The van der Waals surface area contributed by atoms with E-state index >= 15 is 0 Å². The highest BCUT2D eigenvalue weighted by molar-refractivity contribution is 6.59. The molecule has 27 heavy (non-hydrogen) atoms. The Kier molecular flexibility index (Phi) is 6.38. The Morgan fingerprint density at radius 1 is 0.963 bits per heavy atom. The number of hydrogen-bond acceptors (Lipinski definition) is 3. The molecule has 0 saturated carbocycles. The van der Waals surface area contributed by atoms with Crippen LogP contribution in [0.3, 0.4) is 0 Å². The second-order valence-corrected chi connectivity index (χ2v) is 6.10. The molecule has 0 heterocycles. The summed E-state index contributed by atoms with van der Waals surface area (Å²) in [6.45, 7) is 0.559. The lowest BCUT2D eigenvalue weighted by molar-refractivity contribution is -0.167. The zero-order valence-corrected chi connectivity index (χ0v) is 14.3. The second-order valence-electron chi connectivity index (χ2n) is 5.15. The zero-order chi connectivity index (χ0) is 21.6. The van der Waals surface area contributed by atoms with Crippen molar-refractivity contribution in [1.29, 1.82) is 0 Å². The fourth-order valence-electron chi connectivity index (χ4n) is 2.03. The number of benzene rings is 1. The first kappa shape index (κ1) is 23.7. The molecule has 0 atom stereocenters. The molecule has 3 N–H and O–H groups in total. The minimum atomic E-state index is -5.61. The van der Waals surface area contributed by atoms with Crippen molar-refractivity contribution >= 4 is 47.4 Å². The van der Waals surface area contributed by atoms with Crippen LogP contribution in [0.1, 0.15) is 18.1 Å². The van der Waals surface area contributed by atoms with Gasteiger partial charge in [0.05, 0.1) is 16.8 Å². The highest BCUT2D eigenvalue weighted by atomic mass is 35.5. The molecule has 0 spiro atoms. The van der Waals surface area contributed by atoms with Crippen LogP contribution in [0.4, 0.5) is 40.8 Å². The molecule has 0 fully saturated rings. The van der Waals surface area contributed by atoms with E-state index in [1.54, 1.807) is 0 Å². The lowest BCUT2D eigenvalue weighted by atomic mass is 9.73. The Morgan fingerprint density at radius 2 is 1.41 bits per heavy atom. The van der Waals surface area contributed by atoms with E-state index in [2.05, 4.69) is 23.2 Å². The molecule has 0 saturated heterocycles. The van der Waals surface area contributed by atoms with Crippen LogP contribution in [0.2, 0.25) is 0 Å². The molecule has 0 aromatic heterocycles. The summed E-state index contributed by atoms with van der Waals surface area (Å²) in [6, 6.07) is 0.0377. The maximum Gasteiger partial charge on any atom is 0.489 e. The van der Waals surface area contributed by atoms with E-state index in [4.69, 9.17) is 10.0 Å². The van der Waals surface area contributed by atoms with Crippen LogP contribution in [0, 0.1) is 0 Å². The second kappa shape index (κ2) is 7.26. The van der Waals surface area contributed by atoms with Gasteiger partial charge in [-0.25, -0.2) is 0 Å². The topological polar surface area (TPSA) is 69.6 Å². The molecule has 0 aliphatic carbocycles. The lowest BCUT2D eigenvalue weighted by Crippen LogP contribution is -2.45. The number of carbonyl (C=O) groups is 1. The average molecular weight is 448 g/mol. The standard InChI is InChI=1S/C12H8BCl2F8NO3/c1-4(25)24-8-5(9(16,17)11(14,20)21)2-3-6(13(26)27)7(8)10(18,19)12(15,22)23/h2-3,26-27H,1H3,(H,24,25). The van der Waals surface area contributed by atoms with Gasteiger partial charge in [0.15, 0.2) is 0 Å². The number of rotatable bonds is 6. The molecule has 0 unspecified atom stereocenters. The van der Waals surface area contributed by atoms with Gasteiger partial charge in [0.1, 0.15) is 0 Å². The first-order valence-electron chi connectivity index (χ1n) is 6.56. The predicted molar refractivity (Wildman–Crippen MR) is 80.0 cm³/mol. The quantitative estimate of drug-likeness (QED) is 0.356. The third-order valence-corrected chi connectivity index (χ3v) is 3.66. The van der Waals surface area contributed by atoms with E-state index in [-0.39, 0.29) is 12.1 Å². The molecule has 15 heteroatoms. The summed E-state index contributed by atoms with van der Waals surface area (Å²) >= 11 is 8.55. The van der Waals surface area contributed by atoms with Crippen molar-refractivity contribution < 1.29 is 50.0 Å². The van der Waals surface area contributed by atoms with Gasteiger partial charge < -0.3 is 15.4 Å². The zero-order valence-electron chi connectivity index (χ0n) is 12.8. The summed E-state index contributed by atoms with van der Waals surface area (Å²) in [4.78, 5) is 11.2. The third-order valence-electron chi connectivity index (χ3n) is 3.18. The molecule has 152 valence electrons. The lowest BCUT2D eigenvalue weighted by Gasteiger charge is -2.30. The Morgan fingerprint density at radius 3 is 1.74 bits per heavy atom. The number of halogens is 10. The number of nitrogens with one attached hydrogen (secondary N) is 1. The number of carbonyl (C=O) groups excluding carboxylic acids is 1. The van der Waals surface area contributed by atoms with Crippen molar-refractivity contribution in [2.24, 2.45) is 0 Å². The van der Waals surface area contributed by atoms with Gasteiger partial charge in [0, 0.05) is 6.92 Å². The molecule has 0 aliphatic heterocycles. The van der Waals surface area contributed by atoms with Crippen molar-refractivity contribution in [3.63, 3.8) is 0 Å². The highest BCUT2D eigenvalue weighted by Gasteiger charge is 2.62. The van der Waals surface area contributed by atoms with Crippen molar-refractivity contribution in [2.45, 2.75) is 29.5 Å². The molecular weight excluding hydrogens is 440 g/mol. The van der Waals surface area contributed by atoms with Crippen LogP contribution in [0.5, 0.6) is 0 Å². The summed E-state index contributed by atoms with van der Waals surface area (Å²) in [6.07, 6.45) is 0. The molecule has 4 nitrogen and oxygen atoms in total. The highest BCUT2D eigenvalue weighted by Crippen LogP contribution is 2.53. The van der Waals surface area contributed by atoms with E-state index in [9.17, 15) is 39.9 Å². The molecular formula is C12H8BCl2F8NO3. The first-order valence-corrected chi connectivity index (χ1v) is 7.32. The fraction of sp³-hybridized carbons (Fsp3) is 0.417. The van der Waals surface area contributed by atoms with E-state index in [0.29, 0.717) is 6.92 Å². The summed E-state index contributed by atoms with van der Waals surface area (Å²) in [5.74, 6) is -12.5. The number of anilines is 1. The molecule has 1 amide bonds. The van der Waals surface area contributed by atoms with Crippen LogP contribution in [0.25, 0.3) is 0 Å². The van der Waals surface area contributed by atoms with Crippen LogP contribution >= 0.6 is 23.2 Å². The van der Waals surface area contributed by atoms with E-state index in [0.717, 1.165) is 0 Å². The van der Waals surface area contributed by atoms with Crippen LogP contribution < -0.4 is 10.8 Å². The molecule has 1 rings (SSSR count). The van der Waals surface area contributed by atoms with Crippen LogP contribution in [-0.4, -0.2) is 33.8 Å². The number of amides is 1. The fourth-order valence-corrected chi connectivity index (χ4v) is 2.23. The maximum absolute atomic E-state index is 14.1. The van der Waals surface area contributed by atoms with Gasteiger partial charge in [0.2, 0.25) is 5.91 Å². The van der Waals surface area contributed by atoms with E-state index in [1.807, 2.05) is 0 Å². The van der Waals surface area contributed by atoms with Crippen molar-refractivity contribution in [3.05, 3.63) is 23.3 Å². The molecule has 1 aromatic carbocycles. The largest absolute Gasteiger partial charge is 0.489 e. The van der Waals surface area contributed by atoms with Crippen molar-refractivity contribution in [2.75, 3.05) is 5.32 Å². The van der Waals surface area contributed by atoms with Gasteiger partial charge in [0.25, 0.3) is 0 Å². The SMILES string of the molecule is CC(=O)Nc1c(C(F)(F)C(F)(F)Cl)ccc(B(O)O)c1C(F)(F)C(F)(F)Cl. The normalized spacial score (nSPS) is 13.5. The minimum absolute atomic E-state index is 0.0116. The molecule has 0 radical (unpaired) electrons. The van der Waals surface area contributed by atoms with Gasteiger partial charge in [-0.15, -0.1) is 0 Å². The van der Waals surface area contributed by atoms with Gasteiger partial charge in [-0.05, 0) is 28.7 Å². The molecule has 0 aliphatic rings. The molecule has 1 aromatic rings. The van der Waals surface area contributed by atoms with Gasteiger partial charge in [-0.3, -0.25) is 4.79 Å². The Bertz CT molecular complexity index is 737. The predicted octanol–water partition coefficient (Wildman–Crippen LogP) is 3.17. The van der Waals surface area contributed by atoms with Crippen LogP contribution in [-0.2, 0) is 16.6 Å². The minimum Gasteiger partial charge on any atom is -0.423 e. The monoisotopic (exact) mass is 447 g/mol. The average Bonchev–Trinajstić information content (AvgIpc) is 2.42. The Labute approximate surface area is 156 Å². The van der Waals surface area contributed by atoms with Crippen molar-refractivity contribution in [3.8, 4) is 0 Å². The molecule has 0 bridgehead atoms. The summed E-state index contributed by atoms with van der Waals surface area (Å²) in [5.41, 5.74) is -7.81. The Balaban J connectivity index is 4.08. The maximum atomic E-state index is 14.1. The third kappa shape index (κ3) is 4.41. The van der Waals surface area contributed by atoms with E-state index in [1.165, 1.54) is 5.32 Å². The first-order chi connectivity index (χ1) is 11.9. The smallest absolute Gasteiger partial charge is 0.423 e. The summed E-state index contributed by atoms with van der Waals surface area (Å²) < 4.78 is 109. The van der Waals surface area contributed by atoms with Gasteiger partial charge in [-0.2, -0.15) is 35.1 Å². The number of alkyl halides is 10. The Hall–Kier alpha value is -1.31. The number of hydrogen-bond donors (Lipinski definition) is 3. The van der Waals surface area contributed by atoms with Gasteiger partial charge in [-0.1, -0.05) is 12.1 Å².